The third-order valence-corrected chi connectivity index (χ3v) is 5.03. The predicted molar refractivity (Wildman–Crippen MR) is 76.5 cm³/mol. The molecule has 3 aliphatic rings. The molecule has 0 spiro atoms. The van der Waals surface area contributed by atoms with E-state index in [-0.39, 0.29) is 0 Å². The van der Waals surface area contributed by atoms with Gasteiger partial charge in [0.15, 0.2) is 5.78 Å². The lowest BCUT2D eigenvalue weighted by atomic mass is 9.63. The third kappa shape index (κ3) is 2.55. The second kappa shape index (κ2) is 6.04. The standard InChI is InChI=1S/C15H22O.C2H6/c1-10-5-7-12-11(9-10)6-8-14-13(12)3-2-4-15(14)16;1-2/h10-12H,2-9H2,1H3;1-2H3. The molecule has 3 rings (SSSR count). The lowest BCUT2D eigenvalue weighted by Crippen LogP contribution is -2.32. The second-order valence-electron chi connectivity index (χ2n) is 6.10. The van der Waals surface area contributed by atoms with E-state index in [0.29, 0.717) is 5.78 Å². The lowest BCUT2D eigenvalue weighted by molar-refractivity contribution is -0.116. The highest BCUT2D eigenvalue weighted by Crippen LogP contribution is 2.48. The Balaban J connectivity index is 0.000000574. The van der Waals surface area contributed by atoms with E-state index in [0.717, 1.165) is 37.0 Å². The SMILES string of the molecule is CC.CC1CCC2C3=C(CCC2C1)C(=O)CCC3. The number of hydrogen-bond donors (Lipinski definition) is 0. The Labute approximate surface area is 112 Å². The number of Topliss-reactive ketones (excluding diaryl/α,β-unsaturated/α-hetero) is 1. The van der Waals surface area contributed by atoms with Crippen molar-refractivity contribution in [2.24, 2.45) is 17.8 Å². The molecule has 3 unspecified atom stereocenters. The summed E-state index contributed by atoms with van der Waals surface area (Å²) in [5.74, 6) is 3.11. The van der Waals surface area contributed by atoms with Crippen molar-refractivity contribution in [1.29, 1.82) is 0 Å². The van der Waals surface area contributed by atoms with Gasteiger partial charge >= 0.3 is 0 Å². The number of rotatable bonds is 0. The first-order valence-electron chi connectivity index (χ1n) is 8.01. The van der Waals surface area contributed by atoms with Crippen molar-refractivity contribution in [3.05, 3.63) is 11.1 Å². The van der Waals surface area contributed by atoms with Crippen molar-refractivity contribution in [1.82, 2.24) is 0 Å². The zero-order valence-electron chi connectivity index (χ0n) is 12.3. The Kier molecular flexibility index (Phi) is 4.64. The van der Waals surface area contributed by atoms with Gasteiger partial charge in [0.25, 0.3) is 0 Å². The molecule has 1 nitrogen and oxygen atoms in total. The molecular formula is C17H28O. The quantitative estimate of drug-likeness (QED) is 0.595. The van der Waals surface area contributed by atoms with Gasteiger partial charge in [0.2, 0.25) is 0 Å². The molecule has 0 N–H and O–H groups in total. The molecule has 0 radical (unpaired) electrons. The minimum atomic E-state index is 0.485. The molecule has 0 aromatic carbocycles. The van der Waals surface area contributed by atoms with Gasteiger partial charge in [-0.05, 0) is 61.9 Å². The molecule has 1 fully saturated rings. The fourth-order valence-corrected chi connectivity index (χ4v) is 4.24. The highest BCUT2D eigenvalue weighted by Gasteiger charge is 2.37. The van der Waals surface area contributed by atoms with E-state index < -0.39 is 0 Å². The van der Waals surface area contributed by atoms with E-state index in [2.05, 4.69) is 6.92 Å². The van der Waals surface area contributed by atoms with E-state index in [1.807, 2.05) is 13.8 Å². The van der Waals surface area contributed by atoms with Crippen LogP contribution in [0, 0.1) is 17.8 Å². The Morgan fingerprint density at radius 3 is 2.56 bits per heavy atom. The summed E-state index contributed by atoms with van der Waals surface area (Å²) in [4.78, 5) is 11.9. The fourth-order valence-electron chi connectivity index (χ4n) is 4.24. The third-order valence-electron chi connectivity index (χ3n) is 5.03. The molecule has 1 saturated carbocycles. The van der Waals surface area contributed by atoms with Crippen molar-refractivity contribution in [3.63, 3.8) is 0 Å². The summed E-state index contributed by atoms with van der Waals surface area (Å²) >= 11 is 0. The molecule has 3 atom stereocenters. The summed E-state index contributed by atoms with van der Waals surface area (Å²) in [5, 5.41) is 0. The average Bonchev–Trinajstić information content (AvgIpc) is 2.41. The van der Waals surface area contributed by atoms with Crippen LogP contribution in [-0.4, -0.2) is 5.78 Å². The van der Waals surface area contributed by atoms with Crippen LogP contribution < -0.4 is 0 Å². The number of allylic oxidation sites excluding steroid dienone is 2. The molecule has 3 aliphatic carbocycles. The molecule has 0 aromatic heterocycles. The highest BCUT2D eigenvalue weighted by molar-refractivity contribution is 5.97. The lowest BCUT2D eigenvalue weighted by Gasteiger charge is -2.42. The summed E-state index contributed by atoms with van der Waals surface area (Å²) in [7, 11) is 0. The molecule has 0 bridgehead atoms. The van der Waals surface area contributed by atoms with Crippen LogP contribution in [0.1, 0.15) is 72.1 Å². The monoisotopic (exact) mass is 248 g/mol. The van der Waals surface area contributed by atoms with Crippen LogP contribution in [0.3, 0.4) is 0 Å². The molecule has 0 heterocycles. The van der Waals surface area contributed by atoms with E-state index in [1.165, 1.54) is 37.7 Å². The van der Waals surface area contributed by atoms with Gasteiger partial charge in [-0.25, -0.2) is 0 Å². The Morgan fingerprint density at radius 1 is 1.00 bits per heavy atom. The maximum atomic E-state index is 11.9. The van der Waals surface area contributed by atoms with Gasteiger partial charge < -0.3 is 0 Å². The Morgan fingerprint density at radius 2 is 1.78 bits per heavy atom. The largest absolute Gasteiger partial charge is 0.295 e. The maximum absolute atomic E-state index is 11.9. The summed E-state index contributed by atoms with van der Waals surface area (Å²) in [6.45, 7) is 6.39. The number of ketones is 1. The molecule has 18 heavy (non-hydrogen) atoms. The van der Waals surface area contributed by atoms with Crippen LogP contribution in [-0.2, 0) is 4.79 Å². The molecule has 0 amide bonds. The summed E-state index contributed by atoms with van der Waals surface area (Å²) in [5.41, 5.74) is 2.86. The first kappa shape index (κ1) is 13.8. The molecule has 0 aliphatic heterocycles. The molecule has 0 saturated heterocycles. The maximum Gasteiger partial charge on any atom is 0.158 e. The topological polar surface area (TPSA) is 17.1 Å². The van der Waals surface area contributed by atoms with Gasteiger partial charge in [-0.3, -0.25) is 4.79 Å². The van der Waals surface area contributed by atoms with Crippen molar-refractivity contribution in [2.75, 3.05) is 0 Å². The zero-order valence-corrected chi connectivity index (χ0v) is 12.3. The van der Waals surface area contributed by atoms with E-state index in [9.17, 15) is 4.79 Å². The van der Waals surface area contributed by atoms with Gasteiger partial charge in [-0.15, -0.1) is 0 Å². The first-order valence-corrected chi connectivity index (χ1v) is 8.01. The van der Waals surface area contributed by atoms with Gasteiger partial charge in [-0.1, -0.05) is 32.8 Å². The second-order valence-corrected chi connectivity index (χ2v) is 6.10. The van der Waals surface area contributed by atoms with Crippen LogP contribution in [0.15, 0.2) is 11.1 Å². The minimum Gasteiger partial charge on any atom is -0.295 e. The van der Waals surface area contributed by atoms with Gasteiger partial charge in [0, 0.05) is 6.42 Å². The van der Waals surface area contributed by atoms with Crippen molar-refractivity contribution in [3.8, 4) is 0 Å². The van der Waals surface area contributed by atoms with Gasteiger partial charge in [0.05, 0.1) is 0 Å². The number of hydrogen-bond acceptors (Lipinski definition) is 1. The molecular weight excluding hydrogens is 220 g/mol. The van der Waals surface area contributed by atoms with Gasteiger partial charge in [-0.2, -0.15) is 0 Å². The normalized spacial score (nSPS) is 35.3. The zero-order chi connectivity index (χ0) is 13.1. The van der Waals surface area contributed by atoms with Crippen molar-refractivity contribution in [2.45, 2.75) is 72.1 Å². The smallest absolute Gasteiger partial charge is 0.158 e. The van der Waals surface area contributed by atoms with Crippen molar-refractivity contribution >= 4 is 5.78 Å². The van der Waals surface area contributed by atoms with Crippen LogP contribution in [0.4, 0.5) is 0 Å². The first-order chi connectivity index (χ1) is 8.75. The number of fused-ring (bicyclic) bond motifs is 2. The highest BCUT2D eigenvalue weighted by atomic mass is 16.1. The van der Waals surface area contributed by atoms with Crippen molar-refractivity contribution < 1.29 is 4.79 Å². The molecule has 1 heteroatoms. The van der Waals surface area contributed by atoms with Crippen LogP contribution in [0.25, 0.3) is 0 Å². The van der Waals surface area contributed by atoms with Crippen LogP contribution in [0.5, 0.6) is 0 Å². The Bertz CT molecular complexity index is 340. The minimum absolute atomic E-state index is 0.485. The number of carbonyl (C=O) groups excluding carboxylic acids is 1. The summed E-state index contributed by atoms with van der Waals surface area (Å²) in [6.07, 6.45) is 9.72. The summed E-state index contributed by atoms with van der Waals surface area (Å²) in [6, 6.07) is 0. The van der Waals surface area contributed by atoms with E-state index in [1.54, 1.807) is 5.57 Å². The van der Waals surface area contributed by atoms with Crippen LogP contribution in [0.2, 0.25) is 0 Å². The van der Waals surface area contributed by atoms with Crippen LogP contribution >= 0.6 is 0 Å². The van der Waals surface area contributed by atoms with E-state index in [4.69, 9.17) is 0 Å². The average molecular weight is 248 g/mol. The molecule has 0 aromatic rings. The van der Waals surface area contributed by atoms with E-state index >= 15 is 0 Å². The number of carbonyl (C=O) groups is 1. The molecule has 102 valence electrons. The fraction of sp³-hybridized carbons (Fsp3) is 0.824. The Hall–Kier alpha value is -0.590. The summed E-state index contributed by atoms with van der Waals surface area (Å²) < 4.78 is 0. The van der Waals surface area contributed by atoms with Gasteiger partial charge in [0.1, 0.15) is 0 Å². The predicted octanol–water partition coefficient (Wildman–Crippen LogP) is 4.91.